The van der Waals surface area contributed by atoms with E-state index < -0.39 is 54.6 Å². The molecule has 0 radical (unpaired) electrons. The maximum absolute atomic E-state index is 14.4. The predicted octanol–water partition coefficient (Wildman–Crippen LogP) is 4.20. The number of benzene rings is 2. The first-order valence-corrected chi connectivity index (χ1v) is 11.5. The Morgan fingerprint density at radius 2 is 1.54 bits per heavy atom. The number of carbonyl (C=O) groups excluding carboxylic acids is 3. The van der Waals surface area contributed by atoms with E-state index >= 15 is 0 Å². The molecule has 2 aromatic carbocycles. The topological polar surface area (TPSA) is 108 Å². The van der Waals surface area contributed by atoms with E-state index in [0.717, 1.165) is 11.1 Å². The Morgan fingerprint density at radius 3 is 2.03 bits per heavy atom. The van der Waals surface area contributed by atoms with Gasteiger partial charge in [-0.3, -0.25) is 9.59 Å². The van der Waals surface area contributed by atoms with Crippen LogP contribution in [0, 0.1) is 0 Å². The lowest BCUT2D eigenvalue weighted by atomic mass is 9.82. The van der Waals surface area contributed by atoms with Gasteiger partial charge >= 0.3 is 12.1 Å². The lowest BCUT2D eigenvalue weighted by Gasteiger charge is -2.28. The van der Waals surface area contributed by atoms with Crippen molar-refractivity contribution in [2.24, 2.45) is 5.73 Å². The second kappa shape index (κ2) is 13.5. The minimum atomic E-state index is -3.25. The van der Waals surface area contributed by atoms with Crippen molar-refractivity contribution in [1.29, 1.82) is 0 Å². The van der Waals surface area contributed by atoms with Gasteiger partial charge in [0.15, 0.2) is 5.78 Å². The molecule has 2 atom stereocenters. The van der Waals surface area contributed by atoms with Crippen LogP contribution in [-0.4, -0.2) is 49.6 Å². The third-order valence-electron chi connectivity index (χ3n) is 5.53. The summed E-state index contributed by atoms with van der Waals surface area (Å²) >= 11 is 0. The van der Waals surface area contributed by atoms with E-state index in [0.29, 0.717) is 0 Å². The Hall–Kier alpha value is -3.33. The number of hydrogen-bond donors (Lipinski definition) is 2. The molecule has 0 bridgehead atoms. The van der Waals surface area contributed by atoms with Crippen LogP contribution in [0.5, 0.6) is 0 Å². The SMILES string of the molecule is CCOC(=O)[C@@H](N)CC(F)(F)CCCC(=O)[C@@H](NC(=O)OC)C(c1ccccc1)c1ccccc1. The summed E-state index contributed by atoms with van der Waals surface area (Å²) < 4.78 is 38.2. The highest BCUT2D eigenvalue weighted by atomic mass is 19.3. The number of carbonyl (C=O) groups is 3. The predicted molar refractivity (Wildman–Crippen MR) is 127 cm³/mol. The second-order valence-electron chi connectivity index (χ2n) is 8.15. The van der Waals surface area contributed by atoms with Crippen LogP contribution < -0.4 is 11.1 Å². The van der Waals surface area contributed by atoms with Crippen molar-refractivity contribution in [2.45, 2.75) is 56.5 Å². The molecule has 0 saturated carbocycles. The minimum Gasteiger partial charge on any atom is -0.465 e. The molecule has 190 valence electrons. The highest BCUT2D eigenvalue weighted by Gasteiger charge is 2.36. The Labute approximate surface area is 204 Å². The van der Waals surface area contributed by atoms with E-state index in [2.05, 4.69) is 10.1 Å². The maximum Gasteiger partial charge on any atom is 0.407 e. The van der Waals surface area contributed by atoms with Crippen LogP contribution >= 0.6 is 0 Å². The summed E-state index contributed by atoms with van der Waals surface area (Å²) in [7, 11) is 1.18. The molecule has 0 saturated heterocycles. The first-order valence-electron chi connectivity index (χ1n) is 11.5. The standard InChI is InChI=1S/C26H32F2N2O5/c1-3-35-24(32)20(29)17-26(27,28)16-10-15-21(31)23(30-25(33)34-2)22(18-11-6-4-7-12-18)19-13-8-5-9-14-19/h4-9,11-14,20,22-23H,3,10,15-17,29H2,1-2H3,(H,30,33)/t20-,23+/m0/s1. The second-order valence-corrected chi connectivity index (χ2v) is 8.15. The molecule has 0 aliphatic rings. The number of alkyl carbamates (subject to hydrolysis) is 1. The van der Waals surface area contributed by atoms with E-state index in [4.69, 9.17) is 10.5 Å². The van der Waals surface area contributed by atoms with Crippen molar-refractivity contribution >= 4 is 17.8 Å². The van der Waals surface area contributed by atoms with Gasteiger partial charge in [-0.05, 0) is 24.5 Å². The van der Waals surface area contributed by atoms with Gasteiger partial charge in [0.2, 0.25) is 5.92 Å². The van der Waals surface area contributed by atoms with Gasteiger partial charge < -0.3 is 20.5 Å². The smallest absolute Gasteiger partial charge is 0.407 e. The van der Waals surface area contributed by atoms with Crippen LogP contribution in [0.4, 0.5) is 13.6 Å². The third kappa shape index (κ3) is 8.75. The lowest BCUT2D eigenvalue weighted by molar-refractivity contribution is -0.147. The van der Waals surface area contributed by atoms with Gasteiger partial charge in [-0.1, -0.05) is 60.7 Å². The zero-order chi connectivity index (χ0) is 25.8. The van der Waals surface area contributed by atoms with Crippen LogP contribution in [0.15, 0.2) is 60.7 Å². The van der Waals surface area contributed by atoms with Gasteiger partial charge in [0.05, 0.1) is 13.7 Å². The number of nitrogens with one attached hydrogen (secondary N) is 1. The number of halogens is 2. The summed E-state index contributed by atoms with van der Waals surface area (Å²) in [5, 5.41) is 2.59. The zero-order valence-corrected chi connectivity index (χ0v) is 19.9. The average Bonchev–Trinajstić information content (AvgIpc) is 2.84. The third-order valence-corrected chi connectivity index (χ3v) is 5.53. The van der Waals surface area contributed by atoms with Crippen LogP contribution in [-0.2, 0) is 19.1 Å². The van der Waals surface area contributed by atoms with Gasteiger partial charge in [-0.15, -0.1) is 0 Å². The fourth-order valence-electron chi connectivity index (χ4n) is 3.87. The highest BCUT2D eigenvalue weighted by Crippen LogP contribution is 2.31. The van der Waals surface area contributed by atoms with Gasteiger partial charge in [0, 0.05) is 25.2 Å². The van der Waals surface area contributed by atoms with Crippen molar-refractivity contribution in [2.75, 3.05) is 13.7 Å². The van der Waals surface area contributed by atoms with E-state index in [1.165, 1.54) is 7.11 Å². The molecule has 35 heavy (non-hydrogen) atoms. The molecular weight excluding hydrogens is 458 g/mol. The van der Waals surface area contributed by atoms with E-state index in [-0.39, 0.29) is 19.4 Å². The molecule has 7 nitrogen and oxygen atoms in total. The summed E-state index contributed by atoms with van der Waals surface area (Å²) in [5.74, 6) is -5.12. The van der Waals surface area contributed by atoms with Crippen LogP contribution in [0.1, 0.15) is 49.7 Å². The first-order chi connectivity index (χ1) is 16.7. The number of Topliss-reactive ketones (excluding diaryl/α,β-unsaturated/α-hetero) is 1. The van der Waals surface area contributed by atoms with Gasteiger partial charge in [0.1, 0.15) is 12.1 Å². The van der Waals surface area contributed by atoms with Crippen molar-refractivity contribution in [3.8, 4) is 0 Å². The van der Waals surface area contributed by atoms with Crippen molar-refractivity contribution in [1.82, 2.24) is 5.32 Å². The van der Waals surface area contributed by atoms with Crippen molar-refractivity contribution < 1.29 is 32.6 Å². The molecular formula is C26H32F2N2O5. The molecule has 0 aromatic heterocycles. The first kappa shape index (κ1) is 27.9. The summed E-state index contributed by atoms with van der Waals surface area (Å²) in [6, 6.07) is 15.8. The molecule has 2 rings (SSSR count). The fraction of sp³-hybridized carbons (Fsp3) is 0.423. The molecule has 0 spiro atoms. The number of rotatable bonds is 13. The van der Waals surface area contributed by atoms with Gasteiger partial charge in [-0.25, -0.2) is 13.6 Å². The Morgan fingerprint density at radius 1 is 1.00 bits per heavy atom. The molecule has 0 aliphatic heterocycles. The molecule has 0 heterocycles. The Balaban J connectivity index is 2.18. The van der Waals surface area contributed by atoms with Crippen LogP contribution in [0.25, 0.3) is 0 Å². The maximum atomic E-state index is 14.4. The molecule has 3 N–H and O–H groups in total. The highest BCUT2D eigenvalue weighted by molar-refractivity contribution is 5.89. The van der Waals surface area contributed by atoms with E-state index in [1.807, 2.05) is 60.7 Å². The molecule has 1 amide bonds. The Kier molecular flexibility index (Phi) is 10.8. The van der Waals surface area contributed by atoms with Crippen LogP contribution in [0.3, 0.4) is 0 Å². The molecule has 0 unspecified atom stereocenters. The lowest BCUT2D eigenvalue weighted by Crippen LogP contribution is -2.45. The fourth-order valence-corrected chi connectivity index (χ4v) is 3.87. The summed E-state index contributed by atoms with van der Waals surface area (Å²) in [6.07, 6.45) is -2.68. The molecule has 2 aromatic rings. The monoisotopic (exact) mass is 490 g/mol. The van der Waals surface area contributed by atoms with E-state index in [9.17, 15) is 23.2 Å². The largest absolute Gasteiger partial charge is 0.465 e. The number of amides is 1. The van der Waals surface area contributed by atoms with E-state index in [1.54, 1.807) is 6.92 Å². The minimum absolute atomic E-state index is 0.0468. The normalized spacial score (nSPS) is 13.1. The van der Waals surface area contributed by atoms with Gasteiger partial charge in [-0.2, -0.15) is 0 Å². The summed E-state index contributed by atoms with van der Waals surface area (Å²) in [6.45, 7) is 1.61. The zero-order valence-electron chi connectivity index (χ0n) is 19.9. The molecule has 9 heteroatoms. The number of hydrogen-bond acceptors (Lipinski definition) is 6. The Bertz CT molecular complexity index is 917. The number of methoxy groups -OCH3 is 1. The number of alkyl halides is 2. The molecule has 0 fully saturated rings. The number of ketones is 1. The summed E-state index contributed by atoms with van der Waals surface area (Å²) in [5.41, 5.74) is 7.08. The summed E-state index contributed by atoms with van der Waals surface area (Å²) in [4.78, 5) is 37.0. The molecule has 0 aliphatic carbocycles. The average molecular weight is 491 g/mol. The van der Waals surface area contributed by atoms with Gasteiger partial charge in [0.25, 0.3) is 0 Å². The number of ether oxygens (including phenoxy) is 2. The van der Waals surface area contributed by atoms with Crippen LogP contribution in [0.2, 0.25) is 0 Å². The number of nitrogens with two attached hydrogens (primary N) is 1. The number of esters is 1. The van der Waals surface area contributed by atoms with Crippen molar-refractivity contribution in [3.05, 3.63) is 71.8 Å². The van der Waals surface area contributed by atoms with Crippen molar-refractivity contribution in [3.63, 3.8) is 0 Å². The quantitative estimate of drug-likeness (QED) is 0.408.